The van der Waals surface area contributed by atoms with E-state index in [0.717, 1.165) is 0 Å². The van der Waals surface area contributed by atoms with E-state index in [9.17, 15) is 0 Å². The standard InChI is InChI=1S/6BO3.18K/c6*2-1(3)4;;;;;;;;;;;;;;;;;;/q6*-3;18*+1. The molecule has 0 aromatic carbocycles. The smallest absolute Gasteiger partial charge is 0.907 e. The molecule has 0 spiro atoms. The minimum atomic E-state index is -2.92. The largest absolute Gasteiger partial charge is 1.00 e. The fourth-order valence-electron chi connectivity index (χ4n) is 0. The molecular formula is B6K18O18. The summed E-state index contributed by atoms with van der Waals surface area (Å²) in [6, 6.07) is 0. The maximum Gasteiger partial charge on any atom is 1.00 e. The van der Waals surface area contributed by atoms with Crippen molar-refractivity contribution in [3.63, 3.8) is 0 Å². The van der Waals surface area contributed by atoms with Crippen LogP contribution in [0.4, 0.5) is 0 Å². The molecule has 0 radical (unpaired) electrons. The van der Waals surface area contributed by atoms with Crippen molar-refractivity contribution < 1.29 is 1020 Å². The first-order valence-corrected chi connectivity index (χ1v) is 4.24. The molecule has 0 bridgehead atoms. The molecule has 42 heteroatoms. The second kappa shape index (κ2) is 151. The minimum absolute atomic E-state index is 0. The molecule has 0 saturated heterocycles. The number of hydrogen-bond acceptors (Lipinski definition) is 18. The Kier molecular flexibility index (Phi) is 566. The Bertz CT molecular complexity index is 136. The van der Waals surface area contributed by atoms with Gasteiger partial charge in [-0.15, -0.1) is 0 Å². The molecule has 0 aliphatic carbocycles. The number of rotatable bonds is 0. The summed E-state index contributed by atoms with van der Waals surface area (Å²) >= 11 is 0. The summed E-state index contributed by atoms with van der Waals surface area (Å²) in [7, 11) is -17.5. The second-order valence-corrected chi connectivity index (χ2v) is 1.73. The van der Waals surface area contributed by atoms with Gasteiger partial charge in [0, 0.05) is 0 Å². The van der Waals surface area contributed by atoms with Crippen LogP contribution in [0.25, 0.3) is 0 Å². The SMILES string of the molecule is [K+].[K+].[K+].[K+].[K+].[K+].[K+].[K+].[K+].[K+].[K+].[K+].[K+].[K+].[K+].[K+].[K+].[K+].[O-]B([O-])[O-].[O-]B([O-])[O-].[O-]B([O-])[O-].[O-]B([O-])[O-].[O-]B([O-])[O-].[O-]B([O-])[O-]. The van der Waals surface area contributed by atoms with Gasteiger partial charge in [-0.3, -0.25) is 43.9 Å². The van der Waals surface area contributed by atoms with Crippen molar-refractivity contribution in [2.75, 3.05) is 0 Å². The van der Waals surface area contributed by atoms with E-state index in [1.807, 2.05) is 0 Å². The molecule has 0 amide bonds. The van der Waals surface area contributed by atoms with Gasteiger partial charge >= 0.3 is 925 Å². The van der Waals surface area contributed by atoms with Crippen molar-refractivity contribution in [3.05, 3.63) is 0 Å². The van der Waals surface area contributed by atoms with Crippen molar-refractivity contribution in [3.8, 4) is 0 Å². The van der Waals surface area contributed by atoms with E-state index in [-0.39, 0.29) is 925 Å². The van der Waals surface area contributed by atoms with Crippen molar-refractivity contribution >= 4 is 43.9 Å². The normalized spacial score (nSPS) is 3.86. The number of hydrogen-bond donors (Lipinski definition) is 0. The zero-order valence-corrected chi connectivity index (χ0v) is 85.0. The van der Waals surface area contributed by atoms with Crippen LogP contribution in [0.15, 0.2) is 0 Å². The van der Waals surface area contributed by atoms with Crippen molar-refractivity contribution in [2.24, 2.45) is 0 Å². The zero-order chi connectivity index (χ0) is 21.5. The van der Waals surface area contributed by atoms with Crippen LogP contribution in [0.3, 0.4) is 0 Å². The summed E-state index contributed by atoms with van der Waals surface area (Å²) in [5, 5.41) is 152. The molecule has 0 fully saturated rings. The van der Waals surface area contributed by atoms with Crippen molar-refractivity contribution in [2.45, 2.75) is 0 Å². The van der Waals surface area contributed by atoms with E-state index < -0.39 is 43.9 Å². The van der Waals surface area contributed by atoms with Crippen LogP contribution in [0.5, 0.6) is 0 Å². The third-order valence-electron chi connectivity index (χ3n) is 0. The molecule has 0 saturated carbocycles. The van der Waals surface area contributed by atoms with Gasteiger partial charge < -0.3 is 90.4 Å². The molecule has 0 aromatic heterocycles. The second-order valence-electron chi connectivity index (χ2n) is 1.73. The first-order valence-electron chi connectivity index (χ1n) is 4.24. The van der Waals surface area contributed by atoms with Crippen molar-refractivity contribution in [1.82, 2.24) is 0 Å². The van der Waals surface area contributed by atoms with Gasteiger partial charge in [0.2, 0.25) is 0 Å². The van der Waals surface area contributed by atoms with Gasteiger partial charge in [0.25, 0.3) is 0 Å². The van der Waals surface area contributed by atoms with Crippen LogP contribution < -0.4 is 1020 Å². The van der Waals surface area contributed by atoms with Crippen LogP contribution in [0.1, 0.15) is 0 Å². The maximum atomic E-state index is 8.42. The maximum absolute atomic E-state index is 8.42. The summed E-state index contributed by atoms with van der Waals surface area (Å²) in [6.45, 7) is 0. The molecule has 18 nitrogen and oxygen atoms in total. The van der Waals surface area contributed by atoms with E-state index >= 15 is 0 Å². The molecule has 0 aromatic rings. The van der Waals surface area contributed by atoms with Gasteiger partial charge in [-0.1, -0.05) is 0 Å². The minimum Gasteiger partial charge on any atom is -0.907 e. The van der Waals surface area contributed by atoms with E-state index in [1.54, 1.807) is 0 Å². The van der Waals surface area contributed by atoms with Gasteiger partial charge in [-0.05, 0) is 0 Å². The molecular weight excluding hydrogens is 1060 g/mol. The van der Waals surface area contributed by atoms with Gasteiger partial charge in [0.15, 0.2) is 0 Å². The summed E-state index contributed by atoms with van der Waals surface area (Å²) in [5.41, 5.74) is 0. The molecule has 42 heavy (non-hydrogen) atoms. The monoisotopic (exact) mass is 1060 g/mol. The Morgan fingerprint density at radius 1 is 0.119 bits per heavy atom. The van der Waals surface area contributed by atoms with Crippen LogP contribution in [0, 0.1) is 0 Å². The zero-order valence-electron chi connectivity index (χ0n) is 28.8. The first-order chi connectivity index (χ1) is 10.4. The Hall–Kier alpha value is 29.1. The predicted octanol–water partition coefficient (Wildman–Crippen LogP) is -77.6. The first kappa shape index (κ1) is 157. The fraction of sp³-hybridized carbons (Fsp3) is 0. The van der Waals surface area contributed by atoms with Gasteiger partial charge in [0.05, 0.1) is 0 Å². The summed E-state index contributed by atoms with van der Waals surface area (Å²) in [4.78, 5) is 0. The average molecular weight is 1060 g/mol. The molecule has 0 rings (SSSR count). The molecule has 0 aliphatic rings. The van der Waals surface area contributed by atoms with Crippen molar-refractivity contribution in [1.29, 1.82) is 0 Å². The Morgan fingerprint density at radius 3 is 0.119 bits per heavy atom. The molecule has 0 N–H and O–H groups in total. The third-order valence-corrected chi connectivity index (χ3v) is 0. The van der Waals surface area contributed by atoms with E-state index in [2.05, 4.69) is 0 Å². The van der Waals surface area contributed by atoms with Gasteiger partial charge in [-0.25, -0.2) is 0 Å². The third kappa shape index (κ3) is 378. The van der Waals surface area contributed by atoms with Crippen LogP contribution >= 0.6 is 0 Å². The van der Waals surface area contributed by atoms with Gasteiger partial charge in [0.1, 0.15) is 0 Å². The molecule has 0 atom stereocenters. The summed E-state index contributed by atoms with van der Waals surface area (Å²) in [5.74, 6) is 0. The Labute approximate surface area is 1020 Å². The molecule has 0 heterocycles. The Balaban J connectivity index is -0.00000000388. The molecule has 0 aliphatic heterocycles. The summed E-state index contributed by atoms with van der Waals surface area (Å²) in [6.07, 6.45) is 0. The summed E-state index contributed by atoms with van der Waals surface area (Å²) < 4.78 is 0. The quantitative estimate of drug-likeness (QED) is 0.203. The van der Waals surface area contributed by atoms with Crippen LogP contribution in [-0.4, -0.2) is 43.9 Å². The molecule has 144 valence electrons. The van der Waals surface area contributed by atoms with Crippen LogP contribution in [0.2, 0.25) is 0 Å². The fourth-order valence-corrected chi connectivity index (χ4v) is 0. The Morgan fingerprint density at radius 2 is 0.119 bits per heavy atom. The van der Waals surface area contributed by atoms with E-state index in [0.29, 0.717) is 0 Å². The van der Waals surface area contributed by atoms with Crippen LogP contribution in [-0.2, 0) is 0 Å². The van der Waals surface area contributed by atoms with Gasteiger partial charge in [-0.2, -0.15) is 0 Å². The average Bonchev–Trinajstić information content (AvgIpc) is 2.08. The topological polar surface area (TPSA) is 415 Å². The molecule has 0 unspecified atom stereocenters. The predicted molar refractivity (Wildman–Crippen MR) is 34.5 cm³/mol. The van der Waals surface area contributed by atoms with E-state index in [4.69, 9.17) is 90.4 Å². The van der Waals surface area contributed by atoms with E-state index in [1.165, 1.54) is 0 Å².